The van der Waals surface area contributed by atoms with Crippen LogP contribution in [0.4, 0.5) is 11.4 Å². The van der Waals surface area contributed by atoms with Crippen molar-refractivity contribution < 1.29 is 18.7 Å². The first-order chi connectivity index (χ1) is 13.1. The molecular weight excluding hydrogens is 368 g/mol. The van der Waals surface area contributed by atoms with Gasteiger partial charge in [-0.2, -0.15) is 0 Å². The van der Waals surface area contributed by atoms with E-state index in [0.717, 1.165) is 0 Å². The SMILES string of the molecule is CCOc1ccc(C(=O)Nc2cccc(NC(=O)c3ccco3)c2)cc1Cl. The van der Waals surface area contributed by atoms with Gasteiger partial charge in [0.15, 0.2) is 5.76 Å². The van der Waals surface area contributed by atoms with Gasteiger partial charge in [-0.05, 0) is 55.5 Å². The lowest BCUT2D eigenvalue weighted by Crippen LogP contribution is -2.13. The molecule has 0 aliphatic rings. The molecule has 0 radical (unpaired) electrons. The predicted octanol–water partition coefficient (Wildman–Crippen LogP) is 4.84. The normalized spacial score (nSPS) is 10.3. The van der Waals surface area contributed by atoms with Crippen LogP contribution in [-0.4, -0.2) is 18.4 Å². The van der Waals surface area contributed by atoms with E-state index in [-0.39, 0.29) is 17.6 Å². The Morgan fingerprint density at radius 2 is 1.74 bits per heavy atom. The second-order valence-electron chi connectivity index (χ2n) is 5.54. The number of anilines is 2. The molecule has 2 aromatic carbocycles. The summed E-state index contributed by atoms with van der Waals surface area (Å²) in [6, 6.07) is 14.8. The summed E-state index contributed by atoms with van der Waals surface area (Å²) in [5, 5.41) is 5.84. The van der Waals surface area contributed by atoms with Gasteiger partial charge in [0, 0.05) is 16.9 Å². The number of carbonyl (C=O) groups excluding carboxylic acids is 2. The van der Waals surface area contributed by atoms with Crippen LogP contribution in [-0.2, 0) is 0 Å². The van der Waals surface area contributed by atoms with Crippen molar-refractivity contribution in [2.24, 2.45) is 0 Å². The number of carbonyl (C=O) groups is 2. The van der Waals surface area contributed by atoms with Crippen LogP contribution in [0, 0.1) is 0 Å². The van der Waals surface area contributed by atoms with Crippen LogP contribution >= 0.6 is 11.6 Å². The van der Waals surface area contributed by atoms with E-state index in [1.54, 1.807) is 54.6 Å². The van der Waals surface area contributed by atoms with E-state index in [4.69, 9.17) is 20.8 Å². The van der Waals surface area contributed by atoms with E-state index in [0.29, 0.717) is 34.3 Å². The zero-order valence-corrected chi connectivity index (χ0v) is 15.2. The summed E-state index contributed by atoms with van der Waals surface area (Å²) < 4.78 is 10.4. The Kier molecular flexibility index (Phi) is 5.78. The first-order valence-electron chi connectivity index (χ1n) is 8.25. The number of rotatable bonds is 6. The molecule has 0 unspecified atom stereocenters. The maximum atomic E-state index is 12.4. The Bertz CT molecular complexity index is 954. The highest BCUT2D eigenvalue weighted by Crippen LogP contribution is 2.26. The molecule has 0 saturated carbocycles. The molecule has 0 atom stereocenters. The van der Waals surface area contributed by atoms with Crippen molar-refractivity contribution in [1.82, 2.24) is 0 Å². The van der Waals surface area contributed by atoms with Crippen molar-refractivity contribution in [3.8, 4) is 5.75 Å². The van der Waals surface area contributed by atoms with Gasteiger partial charge in [0.1, 0.15) is 5.75 Å². The third-order valence-corrected chi connectivity index (χ3v) is 3.91. The minimum absolute atomic E-state index is 0.202. The number of furan rings is 1. The van der Waals surface area contributed by atoms with Gasteiger partial charge < -0.3 is 19.8 Å². The van der Waals surface area contributed by atoms with Crippen LogP contribution < -0.4 is 15.4 Å². The molecule has 0 saturated heterocycles. The van der Waals surface area contributed by atoms with Gasteiger partial charge in [0.25, 0.3) is 11.8 Å². The highest BCUT2D eigenvalue weighted by molar-refractivity contribution is 6.32. The minimum Gasteiger partial charge on any atom is -0.492 e. The number of amides is 2. The number of ether oxygens (including phenoxy) is 1. The van der Waals surface area contributed by atoms with Crippen molar-refractivity contribution in [2.75, 3.05) is 17.2 Å². The summed E-state index contributed by atoms with van der Waals surface area (Å²) in [5.41, 5.74) is 1.45. The number of hydrogen-bond acceptors (Lipinski definition) is 4. The van der Waals surface area contributed by atoms with Crippen LogP contribution in [0.5, 0.6) is 5.75 Å². The number of benzene rings is 2. The first kappa shape index (κ1) is 18.5. The maximum absolute atomic E-state index is 12.4. The molecule has 0 aliphatic carbocycles. The van der Waals surface area contributed by atoms with Crippen LogP contribution in [0.2, 0.25) is 5.02 Å². The Hall–Kier alpha value is -3.25. The van der Waals surface area contributed by atoms with Crippen molar-refractivity contribution in [1.29, 1.82) is 0 Å². The summed E-state index contributed by atoms with van der Waals surface area (Å²) in [7, 11) is 0. The highest BCUT2D eigenvalue weighted by atomic mass is 35.5. The fourth-order valence-corrected chi connectivity index (χ4v) is 2.63. The Balaban J connectivity index is 1.69. The van der Waals surface area contributed by atoms with E-state index >= 15 is 0 Å². The van der Waals surface area contributed by atoms with E-state index in [1.165, 1.54) is 6.26 Å². The molecule has 3 rings (SSSR count). The number of halogens is 1. The molecule has 0 spiro atoms. The van der Waals surface area contributed by atoms with Gasteiger partial charge >= 0.3 is 0 Å². The van der Waals surface area contributed by atoms with Crippen LogP contribution in [0.25, 0.3) is 0 Å². The molecule has 138 valence electrons. The minimum atomic E-state index is -0.373. The Morgan fingerprint density at radius 3 is 2.37 bits per heavy atom. The first-order valence-corrected chi connectivity index (χ1v) is 8.63. The molecule has 2 N–H and O–H groups in total. The summed E-state index contributed by atoms with van der Waals surface area (Å²) in [6.07, 6.45) is 1.42. The van der Waals surface area contributed by atoms with E-state index in [2.05, 4.69) is 10.6 Å². The average Bonchev–Trinajstić information content (AvgIpc) is 3.19. The van der Waals surface area contributed by atoms with E-state index in [1.807, 2.05) is 6.92 Å². The number of hydrogen-bond donors (Lipinski definition) is 2. The Morgan fingerprint density at radius 1 is 1.00 bits per heavy atom. The van der Waals surface area contributed by atoms with Crippen molar-refractivity contribution in [3.63, 3.8) is 0 Å². The van der Waals surface area contributed by atoms with Gasteiger partial charge in [-0.1, -0.05) is 17.7 Å². The van der Waals surface area contributed by atoms with Gasteiger partial charge in [0.2, 0.25) is 0 Å². The molecule has 7 heteroatoms. The van der Waals surface area contributed by atoms with Crippen LogP contribution in [0.15, 0.2) is 65.3 Å². The van der Waals surface area contributed by atoms with Crippen molar-refractivity contribution in [3.05, 3.63) is 77.2 Å². The van der Waals surface area contributed by atoms with Gasteiger partial charge in [-0.25, -0.2) is 0 Å². The molecule has 1 aromatic heterocycles. The topological polar surface area (TPSA) is 80.6 Å². The molecule has 0 fully saturated rings. The van der Waals surface area contributed by atoms with Gasteiger partial charge in [0.05, 0.1) is 17.9 Å². The second-order valence-corrected chi connectivity index (χ2v) is 5.95. The molecule has 27 heavy (non-hydrogen) atoms. The lowest BCUT2D eigenvalue weighted by atomic mass is 10.2. The van der Waals surface area contributed by atoms with E-state index in [9.17, 15) is 9.59 Å². The van der Waals surface area contributed by atoms with Crippen molar-refractivity contribution in [2.45, 2.75) is 6.92 Å². The van der Waals surface area contributed by atoms with Gasteiger partial charge in [-0.3, -0.25) is 9.59 Å². The lowest BCUT2D eigenvalue weighted by Gasteiger charge is -2.10. The summed E-state index contributed by atoms with van der Waals surface area (Å²) in [6.45, 7) is 2.34. The molecular formula is C20H17ClN2O4. The van der Waals surface area contributed by atoms with Crippen LogP contribution in [0.3, 0.4) is 0 Å². The molecule has 0 aliphatic heterocycles. The fourth-order valence-electron chi connectivity index (χ4n) is 2.39. The molecule has 1 heterocycles. The average molecular weight is 385 g/mol. The lowest BCUT2D eigenvalue weighted by molar-refractivity contribution is 0.0995. The number of nitrogens with one attached hydrogen (secondary N) is 2. The summed E-state index contributed by atoms with van der Waals surface area (Å²) >= 11 is 6.13. The molecule has 6 nitrogen and oxygen atoms in total. The third-order valence-electron chi connectivity index (χ3n) is 3.62. The maximum Gasteiger partial charge on any atom is 0.291 e. The predicted molar refractivity (Wildman–Crippen MR) is 104 cm³/mol. The van der Waals surface area contributed by atoms with Crippen LogP contribution in [0.1, 0.15) is 27.8 Å². The Labute approximate surface area is 161 Å². The second kappa shape index (κ2) is 8.42. The standard InChI is InChI=1S/C20H17ClN2O4/c1-2-26-17-9-8-13(11-16(17)21)19(24)22-14-5-3-6-15(12-14)23-20(25)18-7-4-10-27-18/h3-12H,2H2,1H3,(H,22,24)(H,23,25). The molecule has 3 aromatic rings. The smallest absolute Gasteiger partial charge is 0.291 e. The zero-order valence-electron chi connectivity index (χ0n) is 14.5. The quantitative estimate of drug-likeness (QED) is 0.637. The zero-order chi connectivity index (χ0) is 19.2. The van der Waals surface area contributed by atoms with E-state index < -0.39 is 0 Å². The monoisotopic (exact) mass is 384 g/mol. The van der Waals surface area contributed by atoms with Crippen molar-refractivity contribution >= 4 is 34.8 Å². The van der Waals surface area contributed by atoms with Gasteiger partial charge in [-0.15, -0.1) is 0 Å². The molecule has 2 amide bonds. The third kappa shape index (κ3) is 4.68. The fraction of sp³-hybridized carbons (Fsp3) is 0.100. The largest absolute Gasteiger partial charge is 0.492 e. The summed E-state index contributed by atoms with van der Waals surface area (Å²) in [5.74, 6) is 0.0306. The highest BCUT2D eigenvalue weighted by Gasteiger charge is 2.12. The summed E-state index contributed by atoms with van der Waals surface area (Å²) in [4.78, 5) is 24.5. The molecule has 0 bridgehead atoms.